The number of thiophene rings is 1. The van der Waals surface area contributed by atoms with Crippen LogP contribution >= 0.6 is 23.7 Å². The molecule has 0 spiro atoms. The summed E-state index contributed by atoms with van der Waals surface area (Å²) in [5.74, 6) is 0.0570. The molecular formula is C14H25ClN2OS. The third kappa shape index (κ3) is 5.51. The highest BCUT2D eigenvalue weighted by atomic mass is 35.5. The normalized spacial score (nSPS) is 12.7. The van der Waals surface area contributed by atoms with Gasteiger partial charge in [0.1, 0.15) is 0 Å². The van der Waals surface area contributed by atoms with Crippen LogP contribution in [0.4, 0.5) is 0 Å². The average Bonchev–Trinajstić information content (AvgIpc) is 2.80. The van der Waals surface area contributed by atoms with Gasteiger partial charge in [0, 0.05) is 18.0 Å². The van der Waals surface area contributed by atoms with Crippen LogP contribution in [0.25, 0.3) is 0 Å². The van der Waals surface area contributed by atoms with E-state index in [1.165, 1.54) is 4.88 Å². The Morgan fingerprint density at radius 2 is 2.11 bits per heavy atom. The van der Waals surface area contributed by atoms with Crippen LogP contribution in [0.15, 0.2) is 17.5 Å². The molecule has 0 aliphatic rings. The lowest BCUT2D eigenvalue weighted by atomic mass is 9.86. The van der Waals surface area contributed by atoms with E-state index >= 15 is 0 Å². The van der Waals surface area contributed by atoms with Gasteiger partial charge in [-0.25, -0.2) is 0 Å². The minimum absolute atomic E-state index is 0. The summed E-state index contributed by atoms with van der Waals surface area (Å²) >= 11 is 1.73. The van der Waals surface area contributed by atoms with Gasteiger partial charge in [-0.3, -0.25) is 4.79 Å². The van der Waals surface area contributed by atoms with E-state index in [2.05, 4.69) is 11.4 Å². The molecule has 0 aliphatic heterocycles. The molecule has 0 bridgehead atoms. The summed E-state index contributed by atoms with van der Waals surface area (Å²) < 4.78 is 0. The minimum Gasteiger partial charge on any atom is -0.341 e. The van der Waals surface area contributed by atoms with E-state index < -0.39 is 6.04 Å². The van der Waals surface area contributed by atoms with E-state index in [9.17, 15) is 4.79 Å². The zero-order valence-electron chi connectivity index (χ0n) is 12.2. The van der Waals surface area contributed by atoms with Crippen LogP contribution in [0.3, 0.4) is 0 Å². The summed E-state index contributed by atoms with van der Waals surface area (Å²) in [4.78, 5) is 15.5. The number of hydrogen-bond acceptors (Lipinski definition) is 3. The molecule has 1 aromatic heterocycles. The molecule has 1 amide bonds. The lowest BCUT2D eigenvalue weighted by Gasteiger charge is -2.31. The van der Waals surface area contributed by atoms with E-state index in [0.717, 1.165) is 13.0 Å². The molecule has 1 heterocycles. The van der Waals surface area contributed by atoms with Gasteiger partial charge in [0.05, 0.1) is 6.04 Å². The van der Waals surface area contributed by atoms with E-state index in [1.54, 1.807) is 11.3 Å². The number of rotatable bonds is 5. The first-order valence-electron chi connectivity index (χ1n) is 6.43. The van der Waals surface area contributed by atoms with E-state index in [0.29, 0.717) is 6.54 Å². The molecule has 2 N–H and O–H groups in total. The van der Waals surface area contributed by atoms with Crippen molar-refractivity contribution in [2.24, 2.45) is 11.1 Å². The summed E-state index contributed by atoms with van der Waals surface area (Å²) in [7, 11) is 0. The zero-order chi connectivity index (χ0) is 13.8. The predicted molar refractivity (Wildman–Crippen MR) is 85.0 cm³/mol. The van der Waals surface area contributed by atoms with E-state index in [-0.39, 0.29) is 23.7 Å². The summed E-state index contributed by atoms with van der Waals surface area (Å²) in [6, 6.07) is 3.71. The third-order valence-corrected chi connectivity index (χ3v) is 4.04. The van der Waals surface area contributed by atoms with Crippen LogP contribution in [0.5, 0.6) is 0 Å². The summed E-state index contributed by atoms with van der Waals surface area (Å²) in [6.45, 7) is 9.48. The Morgan fingerprint density at radius 3 is 2.53 bits per heavy atom. The highest BCUT2D eigenvalue weighted by Crippen LogP contribution is 2.19. The Balaban J connectivity index is 0.00000324. The SMILES string of the molecule is CCN(CCc1cccs1)C(=O)[C@@H](N)C(C)(C)C.Cl. The van der Waals surface area contributed by atoms with Gasteiger partial charge >= 0.3 is 0 Å². The predicted octanol–water partition coefficient (Wildman–Crippen LogP) is 2.93. The number of carbonyl (C=O) groups excluding carboxylic acids is 1. The Bertz CT molecular complexity index is 373. The van der Waals surface area contributed by atoms with Crippen molar-refractivity contribution in [3.05, 3.63) is 22.4 Å². The first kappa shape index (κ1) is 18.4. The Kier molecular flexibility index (Phi) is 7.64. The molecule has 0 fully saturated rings. The fourth-order valence-corrected chi connectivity index (χ4v) is 2.39. The molecule has 110 valence electrons. The number of carbonyl (C=O) groups is 1. The van der Waals surface area contributed by atoms with Gasteiger partial charge in [0.25, 0.3) is 0 Å². The molecule has 5 heteroatoms. The van der Waals surface area contributed by atoms with Gasteiger partial charge in [-0.15, -0.1) is 23.7 Å². The molecule has 0 aliphatic carbocycles. The Hall–Kier alpha value is -0.580. The van der Waals surface area contributed by atoms with Crippen molar-refractivity contribution in [2.75, 3.05) is 13.1 Å². The van der Waals surface area contributed by atoms with Gasteiger partial charge in [-0.1, -0.05) is 26.8 Å². The van der Waals surface area contributed by atoms with Crippen molar-refractivity contribution in [1.29, 1.82) is 0 Å². The molecule has 0 aromatic carbocycles. The highest BCUT2D eigenvalue weighted by Gasteiger charge is 2.30. The fraction of sp³-hybridized carbons (Fsp3) is 0.643. The van der Waals surface area contributed by atoms with Gasteiger partial charge < -0.3 is 10.6 Å². The topological polar surface area (TPSA) is 46.3 Å². The second-order valence-electron chi connectivity index (χ2n) is 5.59. The number of halogens is 1. The maximum atomic E-state index is 12.3. The average molecular weight is 305 g/mol. The summed E-state index contributed by atoms with van der Waals surface area (Å²) in [5, 5.41) is 2.06. The van der Waals surface area contributed by atoms with Crippen molar-refractivity contribution >= 4 is 29.7 Å². The first-order chi connectivity index (χ1) is 8.36. The zero-order valence-corrected chi connectivity index (χ0v) is 13.8. The highest BCUT2D eigenvalue weighted by molar-refractivity contribution is 7.09. The number of likely N-dealkylation sites (N-methyl/N-ethyl adjacent to an activating group) is 1. The van der Waals surface area contributed by atoms with Crippen molar-refractivity contribution in [3.63, 3.8) is 0 Å². The van der Waals surface area contributed by atoms with Crippen LogP contribution in [0.1, 0.15) is 32.6 Å². The number of amides is 1. The van der Waals surface area contributed by atoms with Crippen LogP contribution in [0, 0.1) is 5.41 Å². The quantitative estimate of drug-likeness (QED) is 0.909. The number of nitrogens with zero attached hydrogens (tertiary/aromatic N) is 1. The molecular weight excluding hydrogens is 280 g/mol. The standard InChI is InChI=1S/C14H24N2OS.ClH/c1-5-16(9-8-11-7-6-10-18-11)13(17)12(15)14(2,3)4;/h6-7,10,12H,5,8-9,15H2,1-4H3;1H/t12-;/m1./s1. The van der Waals surface area contributed by atoms with Crippen LogP contribution in [0.2, 0.25) is 0 Å². The molecule has 3 nitrogen and oxygen atoms in total. The van der Waals surface area contributed by atoms with Crippen LogP contribution in [-0.4, -0.2) is 29.9 Å². The summed E-state index contributed by atoms with van der Waals surface area (Å²) in [5.41, 5.74) is 5.84. The van der Waals surface area contributed by atoms with E-state index in [4.69, 9.17) is 5.73 Å². The molecule has 19 heavy (non-hydrogen) atoms. The fourth-order valence-electron chi connectivity index (χ4n) is 1.69. The van der Waals surface area contributed by atoms with Crippen LogP contribution in [-0.2, 0) is 11.2 Å². The second kappa shape index (κ2) is 7.88. The monoisotopic (exact) mass is 304 g/mol. The van der Waals surface area contributed by atoms with Crippen molar-refractivity contribution in [1.82, 2.24) is 4.90 Å². The van der Waals surface area contributed by atoms with Crippen LogP contribution < -0.4 is 5.73 Å². The first-order valence-corrected chi connectivity index (χ1v) is 7.31. The Labute approximate surface area is 126 Å². The minimum atomic E-state index is -0.430. The maximum absolute atomic E-state index is 12.3. The van der Waals surface area contributed by atoms with E-state index in [1.807, 2.05) is 38.7 Å². The molecule has 1 rings (SSSR count). The van der Waals surface area contributed by atoms with Gasteiger partial charge in [0.2, 0.25) is 5.91 Å². The number of hydrogen-bond donors (Lipinski definition) is 1. The molecule has 0 radical (unpaired) electrons. The Morgan fingerprint density at radius 1 is 1.47 bits per heavy atom. The molecule has 0 unspecified atom stereocenters. The molecule has 1 aromatic rings. The lowest BCUT2D eigenvalue weighted by Crippen LogP contribution is -2.50. The maximum Gasteiger partial charge on any atom is 0.240 e. The van der Waals surface area contributed by atoms with Crippen molar-refractivity contribution < 1.29 is 4.79 Å². The largest absolute Gasteiger partial charge is 0.341 e. The lowest BCUT2D eigenvalue weighted by molar-refractivity contribution is -0.134. The van der Waals surface area contributed by atoms with Crippen molar-refractivity contribution in [3.8, 4) is 0 Å². The molecule has 0 saturated carbocycles. The van der Waals surface area contributed by atoms with Gasteiger partial charge in [-0.2, -0.15) is 0 Å². The second-order valence-corrected chi connectivity index (χ2v) is 6.62. The third-order valence-electron chi connectivity index (χ3n) is 3.10. The molecule has 0 saturated heterocycles. The van der Waals surface area contributed by atoms with Crippen molar-refractivity contribution in [2.45, 2.75) is 40.2 Å². The molecule has 1 atom stereocenters. The number of nitrogens with two attached hydrogens (primary N) is 1. The van der Waals surface area contributed by atoms with Gasteiger partial charge in [-0.05, 0) is 30.2 Å². The van der Waals surface area contributed by atoms with Gasteiger partial charge in [0.15, 0.2) is 0 Å². The smallest absolute Gasteiger partial charge is 0.240 e. The summed E-state index contributed by atoms with van der Waals surface area (Å²) in [6.07, 6.45) is 0.911.